The zero-order valence-electron chi connectivity index (χ0n) is 10.0. The summed E-state index contributed by atoms with van der Waals surface area (Å²) >= 11 is 5.63. The van der Waals surface area contributed by atoms with E-state index in [1.54, 1.807) is 4.90 Å². The van der Waals surface area contributed by atoms with Gasteiger partial charge in [0.2, 0.25) is 0 Å². The van der Waals surface area contributed by atoms with Gasteiger partial charge in [-0.15, -0.1) is 0 Å². The van der Waals surface area contributed by atoms with Gasteiger partial charge >= 0.3 is 1.43 Å². The average Bonchev–Trinajstić information content (AvgIpc) is 2.29. The Morgan fingerprint density at radius 2 is 2.06 bits per heavy atom. The minimum atomic E-state index is -0.559. The monoisotopic (exact) mass is 278 g/mol. The maximum Gasteiger partial charge on any atom is 1.00 e. The number of hydrogen-bond acceptors (Lipinski definition) is 2. The molecule has 6 heteroatoms. The van der Waals surface area contributed by atoms with Crippen LogP contribution < -0.4 is 17.7 Å². The Kier molecular flexibility index (Phi) is 5.18. The van der Waals surface area contributed by atoms with Gasteiger partial charge in [-0.25, -0.2) is 4.39 Å². The maximum absolute atomic E-state index is 13.5. The van der Waals surface area contributed by atoms with Crippen LogP contribution in [0.1, 0.15) is 11.8 Å². The minimum absolute atomic E-state index is 0. The first-order valence-corrected chi connectivity index (χ1v) is 5.51. The third-order valence-corrected chi connectivity index (χ3v) is 2.80. The Bertz CT molecular complexity index is 414. The molecular weight excluding hydrogens is 266 g/mol. The van der Waals surface area contributed by atoms with Crippen LogP contribution in [0.15, 0.2) is 18.2 Å². The van der Waals surface area contributed by atoms with Crippen LogP contribution in [0.5, 0.6) is 0 Å². The Labute approximate surface area is 112 Å². The van der Waals surface area contributed by atoms with Gasteiger partial charge in [0, 0.05) is 31.2 Å². The Hall–Kier alpha value is -0.840. The third kappa shape index (κ3) is 3.31. The number of piperazine rings is 1. The zero-order chi connectivity index (χ0) is 11.5. The second-order valence-electron chi connectivity index (χ2n) is 3.67. The zero-order valence-corrected chi connectivity index (χ0v) is 10.6. The number of rotatable bonds is 1. The molecule has 0 radical (unpaired) electrons. The number of halogens is 3. The lowest BCUT2D eigenvalue weighted by molar-refractivity contribution is -0.0000140. The summed E-state index contributed by atoms with van der Waals surface area (Å²) in [5.74, 6) is -0.827. The van der Waals surface area contributed by atoms with Crippen molar-refractivity contribution in [3.63, 3.8) is 0 Å². The SMILES string of the molecule is O=C(c1ccc(Cl)cc1F)N1CCNCC1.[Cl-].[H+]. The predicted molar refractivity (Wildman–Crippen MR) is 61.3 cm³/mol. The van der Waals surface area contributed by atoms with E-state index in [0.717, 1.165) is 19.2 Å². The second kappa shape index (κ2) is 6.19. The normalized spacial score (nSPS) is 15.3. The highest BCUT2D eigenvalue weighted by molar-refractivity contribution is 6.30. The highest BCUT2D eigenvalue weighted by Crippen LogP contribution is 2.16. The molecule has 1 N–H and O–H groups in total. The molecule has 1 aromatic carbocycles. The van der Waals surface area contributed by atoms with Gasteiger partial charge in [-0.1, -0.05) is 11.6 Å². The Morgan fingerprint density at radius 3 is 2.65 bits per heavy atom. The summed E-state index contributed by atoms with van der Waals surface area (Å²) in [6.07, 6.45) is 0. The molecule has 94 valence electrons. The van der Waals surface area contributed by atoms with Crippen molar-refractivity contribution in [3.8, 4) is 0 Å². The van der Waals surface area contributed by atoms with E-state index in [-0.39, 0.29) is 25.3 Å². The molecule has 0 atom stereocenters. The van der Waals surface area contributed by atoms with E-state index in [0.29, 0.717) is 18.1 Å². The number of nitrogens with one attached hydrogen (secondary N) is 1. The van der Waals surface area contributed by atoms with E-state index in [4.69, 9.17) is 11.6 Å². The highest BCUT2D eigenvalue weighted by Gasteiger charge is 2.20. The van der Waals surface area contributed by atoms with E-state index in [1.807, 2.05) is 0 Å². The van der Waals surface area contributed by atoms with Gasteiger partial charge in [0.1, 0.15) is 5.82 Å². The lowest BCUT2D eigenvalue weighted by atomic mass is 10.1. The van der Waals surface area contributed by atoms with Crippen molar-refractivity contribution in [1.29, 1.82) is 0 Å². The summed E-state index contributed by atoms with van der Waals surface area (Å²) in [6.45, 7) is 2.73. The molecule has 1 aliphatic heterocycles. The molecule has 1 saturated heterocycles. The molecule has 3 nitrogen and oxygen atoms in total. The van der Waals surface area contributed by atoms with E-state index < -0.39 is 5.82 Å². The predicted octanol–water partition coefficient (Wildman–Crippen LogP) is -1.36. The molecule has 1 aromatic rings. The van der Waals surface area contributed by atoms with E-state index >= 15 is 0 Å². The van der Waals surface area contributed by atoms with Crippen molar-refractivity contribution in [2.45, 2.75) is 0 Å². The summed E-state index contributed by atoms with van der Waals surface area (Å²) in [6, 6.07) is 4.12. The number of carbonyl (C=O) groups excluding carboxylic acids is 1. The molecule has 0 saturated carbocycles. The van der Waals surface area contributed by atoms with Crippen LogP contribution in [0, 0.1) is 5.82 Å². The molecule has 0 spiro atoms. The van der Waals surface area contributed by atoms with Gasteiger partial charge in [0.25, 0.3) is 5.91 Å². The maximum atomic E-state index is 13.5. The van der Waals surface area contributed by atoms with Crippen LogP contribution in [0.2, 0.25) is 5.02 Å². The van der Waals surface area contributed by atoms with Gasteiger partial charge in [-0.3, -0.25) is 4.79 Å². The summed E-state index contributed by atoms with van der Waals surface area (Å²) in [5, 5.41) is 3.44. The summed E-state index contributed by atoms with van der Waals surface area (Å²) < 4.78 is 13.5. The smallest absolute Gasteiger partial charge is 1.00 e. The topological polar surface area (TPSA) is 32.3 Å². The third-order valence-electron chi connectivity index (χ3n) is 2.57. The fraction of sp³-hybridized carbons (Fsp3) is 0.364. The van der Waals surface area contributed by atoms with E-state index in [9.17, 15) is 9.18 Å². The van der Waals surface area contributed by atoms with Crippen molar-refractivity contribution in [3.05, 3.63) is 34.6 Å². The second-order valence-corrected chi connectivity index (χ2v) is 4.10. The average molecular weight is 279 g/mol. The molecule has 17 heavy (non-hydrogen) atoms. The quantitative estimate of drug-likeness (QED) is 0.689. The Morgan fingerprint density at radius 1 is 1.41 bits per heavy atom. The summed E-state index contributed by atoms with van der Waals surface area (Å²) in [4.78, 5) is 13.6. The molecule has 0 aliphatic carbocycles. The van der Waals surface area contributed by atoms with Crippen LogP contribution in [-0.2, 0) is 0 Å². The number of nitrogens with zero attached hydrogens (tertiary/aromatic N) is 1. The summed E-state index contributed by atoms with van der Waals surface area (Å²) in [5.41, 5.74) is 0.0892. The van der Waals surface area contributed by atoms with Gasteiger partial charge < -0.3 is 22.6 Å². The van der Waals surface area contributed by atoms with Crippen molar-refractivity contribution in [2.75, 3.05) is 26.2 Å². The highest BCUT2D eigenvalue weighted by atomic mass is 35.5. The van der Waals surface area contributed by atoms with Gasteiger partial charge in [0.05, 0.1) is 5.56 Å². The lowest BCUT2D eigenvalue weighted by Crippen LogP contribution is -3.00. The van der Waals surface area contributed by atoms with Crippen LogP contribution in [0.25, 0.3) is 0 Å². The Balaban J connectivity index is 0.00000144. The van der Waals surface area contributed by atoms with E-state index in [1.165, 1.54) is 12.1 Å². The van der Waals surface area contributed by atoms with Crippen LogP contribution in [0.3, 0.4) is 0 Å². The largest absolute Gasteiger partial charge is 1.00 e. The minimum Gasteiger partial charge on any atom is -1.00 e. The number of amides is 1. The molecule has 1 fully saturated rings. The standard InChI is InChI=1S/C11H12ClFN2O.ClH/c12-8-1-2-9(10(13)7-8)11(16)15-5-3-14-4-6-15;/h1-2,7,14H,3-6H2;1H. The fourth-order valence-corrected chi connectivity index (χ4v) is 1.86. The lowest BCUT2D eigenvalue weighted by Gasteiger charge is -2.27. The van der Waals surface area contributed by atoms with Crippen molar-refractivity contribution < 1.29 is 23.0 Å². The molecule has 1 heterocycles. The van der Waals surface area contributed by atoms with Crippen LogP contribution in [0.4, 0.5) is 4.39 Å². The van der Waals surface area contributed by atoms with Crippen molar-refractivity contribution >= 4 is 17.5 Å². The van der Waals surface area contributed by atoms with Crippen LogP contribution in [-0.4, -0.2) is 37.0 Å². The molecule has 0 bridgehead atoms. The summed E-state index contributed by atoms with van der Waals surface area (Å²) in [7, 11) is 0. The van der Waals surface area contributed by atoms with Crippen molar-refractivity contribution in [2.24, 2.45) is 0 Å². The number of hydrogen-bond donors (Lipinski definition) is 1. The van der Waals surface area contributed by atoms with Crippen LogP contribution >= 0.6 is 11.6 Å². The molecule has 1 aliphatic rings. The van der Waals surface area contributed by atoms with Gasteiger partial charge in [0.15, 0.2) is 0 Å². The number of benzene rings is 1. The fourth-order valence-electron chi connectivity index (χ4n) is 1.70. The molecule has 2 rings (SSSR count). The molecule has 0 aromatic heterocycles. The molecule has 1 amide bonds. The first-order valence-electron chi connectivity index (χ1n) is 5.13. The van der Waals surface area contributed by atoms with Gasteiger partial charge in [-0.2, -0.15) is 0 Å². The van der Waals surface area contributed by atoms with E-state index in [2.05, 4.69) is 5.32 Å². The van der Waals surface area contributed by atoms with Gasteiger partial charge in [-0.05, 0) is 18.2 Å². The molecular formula is C11H13Cl2FN2O. The first kappa shape index (κ1) is 14.2. The first-order chi connectivity index (χ1) is 7.68. The van der Waals surface area contributed by atoms with Crippen molar-refractivity contribution in [1.82, 2.24) is 10.2 Å². The number of carbonyl (C=O) groups is 1. The molecule has 0 unspecified atom stereocenters.